The largest absolute Gasteiger partial charge is 0.352 e. The molecule has 1 aliphatic heterocycles. The van der Waals surface area contributed by atoms with Gasteiger partial charge in [-0.1, -0.05) is 24.1 Å². The van der Waals surface area contributed by atoms with E-state index in [0.717, 1.165) is 0 Å². The van der Waals surface area contributed by atoms with Gasteiger partial charge in [0.05, 0.1) is 17.2 Å². The second kappa shape index (κ2) is 4.78. The third-order valence-corrected chi connectivity index (χ3v) is 3.34. The van der Waals surface area contributed by atoms with Crippen molar-refractivity contribution in [3.8, 4) is 6.07 Å². The maximum absolute atomic E-state index is 12.0. The summed E-state index contributed by atoms with van der Waals surface area (Å²) in [6.07, 6.45) is 0.214. The van der Waals surface area contributed by atoms with Crippen molar-refractivity contribution in [2.24, 2.45) is 5.41 Å². The van der Waals surface area contributed by atoms with E-state index in [1.54, 1.807) is 19.1 Å². The quantitative estimate of drug-likeness (QED) is 0.781. The first kappa shape index (κ1) is 13.7. The molecule has 0 aliphatic carbocycles. The second-order valence-corrected chi connectivity index (χ2v) is 4.63. The predicted molar refractivity (Wildman–Crippen MR) is 67.0 cm³/mol. The molecule has 1 atom stereocenters. The molecule has 1 unspecified atom stereocenters. The summed E-state index contributed by atoms with van der Waals surface area (Å²) in [6, 6.07) is 8.01. The van der Waals surface area contributed by atoms with Crippen LogP contribution in [-0.2, 0) is 9.63 Å². The highest BCUT2D eigenvalue weighted by molar-refractivity contribution is 6.20. The Balaban J connectivity index is 2.26. The molecule has 1 aromatic carbocycles. The van der Waals surface area contributed by atoms with E-state index < -0.39 is 23.2 Å². The molecule has 0 saturated heterocycles. The normalized spacial score (nSPS) is 16.4. The number of benzene rings is 1. The summed E-state index contributed by atoms with van der Waals surface area (Å²) in [5.41, 5.74) is -1.03. The smallest absolute Gasteiger partial charge is 0.328 e. The molecule has 0 fully saturated rings. The van der Waals surface area contributed by atoms with Crippen LogP contribution in [0, 0.1) is 16.7 Å². The molecule has 0 radical (unpaired) electrons. The SMILES string of the molecule is CCC(C)(C#N)C(=O)ON1C(=O)c2ccccc2C1=O. The number of amides is 2. The summed E-state index contributed by atoms with van der Waals surface area (Å²) in [5.74, 6) is -2.32. The minimum atomic E-state index is -1.39. The van der Waals surface area contributed by atoms with Crippen molar-refractivity contribution in [3.05, 3.63) is 35.4 Å². The number of carbonyl (C=O) groups is 3. The number of hydroxylamine groups is 2. The summed E-state index contributed by atoms with van der Waals surface area (Å²) in [6.45, 7) is 3.04. The van der Waals surface area contributed by atoms with Crippen LogP contribution in [0.5, 0.6) is 0 Å². The molecule has 0 bridgehead atoms. The van der Waals surface area contributed by atoms with E-state index >= 15 is 0 Å². The number of rotatable bonds is 3. The molecule has 0 saturated carbocycles. The topological polar surface area (TPSA) is 87.5 Å². The third kappa shape index (κ3) is 1.93. The summed E-state index contributed by atoms with van der Waals surface area (Å²) in [4.78, 5) is 40.8. The molecular formula is C14H12N2O4. The van der Waals surface area contributed by atoms with E-state index in [2.05, 4.69) is 0 Å². The van der Waals surface area contributed by atoms with Crippen LogP contribution < -0.4 is 0 Å². The van der Waals surface area contributed by atoms with Crippen LogP contribution >= 0.6 is 0 Å². The molecule has 1 aromatic rings. The zero-order chi connectivity index (χ0) is 14.9. The van der Waals surface area contributed by atoms with Gasteiger partial charge in [-0.25, -0.2) is 4.79 Å². The molecule has 1 aliphatic rings. The third-order valence-electron chi connectivity index (χ3n) is 3.34. The van der Waals surface area contributed by atoms with Crippen molar-refractivity contribution in [1.82, 2.24) is 5.06 Å². The highest BCUT2D eigenvalue weighted by Gasteiger charge is 2.42. The average molecular weight is 272 g/mol. The van der Waals surface area contributed by atoms with Crippen molar-refractivity contribution in [1.29, 1.82) is 5.26 Å². The van der Waals surface area contributed by atoms with Crippen molar-refractivity contribution < 1.29 is 19.2 Å². The predicted octanol–water partition coefficient (Wildman–Crippen LogP) is 1.68. The summed E-state index contributed by atoms with van der Waals surface area (Å²) in [7, 11) is 0. The van der Waals surface area contributed by atoms with Gasteiger partial charge in [-0.3, -0.25) is 9.59 Å². The Morgan fingerprint density at radius 3 is 2.20 bits per heavy atom. The van der Waals surface area contributed by atoms with Gasteiger partial charge in [-0.15, -0.1) is 0 Å². The molecule has 0 spiro atoms. The first-order valence-corrected chi connectivity index (χ1v) is 6.06. The second-order valence-electron chi connectivity index (χ2n) is 4.63. The van der Waals surface area contributed by atoms with Gasteiger partial charge in [-0.05, 0) is 25.5 Å². The number of hydrogen-bond donors (Lipinski definition) is 0. The molecule has 102 valence electrons. The first-order chi connectivity index (χ1) is 9.44. The molecule has 20 heavy (non-hydrogen) atoms. The Labute approximate surface area is 115 Å². The number of nitrogens with zero attached hydrogens (tertiary/aromatic N) is 2. The average Bonchev–Trinajstić information content (AvgIpc) is 2.72. The van der Waals surface area contributed by atoms with Crippen LogP contribution in [0.15, 0.2) is 24.3 Å². The van der Waals surface area contributed by atoms with E-state index in [9.17, 15) is 14.4 Å². The van der Waals surface area contributed by atoms with Crippen LogP contribution in [0.25, 0.3) is 0 Å². The van der Waals surface area contributed by atoms with Crippen LogP contribution in [0.3, 0.4) is 0 Å². The lowest BCUT2D eigenvalue weighted by molar-refractivity contribution is -0.177. The Hall–Kier alpha value is -2.68. The first-order valence-electron chi connectivity index (χ1n) is 6.06. The van der Waals surface area contributed by atoms with Gasteiger partial charge < -0.3 is 4.84 Å². The van der Waals surface area contributed by atoms with Crippen molar-refractivity contribution in [2.45, 2.75) is 20.3 Å². The van der Waals surface area contributed by atoms with Gasteiger partial charge in [0.2, 0.25) is 0 Å². The molecule has 6 heteroatoms. The number of hydrogen-bond acceptors (Lipinski definition) is 5. The van der Waals surface area contributed by atoms with Crippen molar-refractivity contribution >= 4 is 17.8 Å². The fourth-order valence-corrected chi connectivity index (χ4v) is 1.70. The lowest BCUT2D eigenvalue weighted by Gasteiger charge is -2.20. The Morgan fingerprint density at radius 1 is 1.30 bits per heavy atom. The van der Waals surface area contributed by atoms with E-state index in [4.69, 9.17) is 10.1 Å². The van der Waals surface area contributed by atoms with Crippen molar-refractivity contribution in [3.63, 3.8) is 0 Å². The monoisotopic (exact) mass is 272 g/mol. The fraction of sp³-hybridized carbons (Fsp3) is 0.286. The molecule has 0 aromatic heterocycles. The van der Waals surface area contributed by atoms with E-state index in [-0.39, 0.29) is 17.5 Å². The highest BCUT2D eigenvalue weighted by atomic mass is 16.7. The maximum atomic E-state index is 12.0. The molecule has 2 rings (SSSR count). The molecular weight excluding hydrogens is 260 g/mol. The Bertz CT molecular complexity index is 612. The van der Waals surface area contributed by atoms with Crippen LogP contribution in [0.4, 0.5) is 0 Å². The van der Waals surface area contributed by atoms with Gasteiger partial charge in [0, 0.05) is 0 Å². The molecule has 6 nitrogen and oxygen atoms in total. The van der Waals surface area contributed by atoms with Gasteiger partial charge in [-0.2, -0.15) is 5.26 Å². The summed E-state index contributed by atoms with van der Waals surface area (Å²) >= 11 is 0. The Morgan fingerprint density at radius 2 is 1.80 bits per heavy atom. The molecule has 0 N–H and O–H groups in total. The van der Waals surface area contributed by atoms with E-state index in [1.807, 2.05) is 6.07 Å². The van der Waals surface area contributed by atoms with E-state index in [0.29, 0.717) is 5.06 Å². The lowest BCUT2D eigenvalue weighted by atomic mass is 9.90. The van der Waals surface area contributed by atoms with Crippen LogP contribution in [0.1, 0.15) is 41.0 Å². The minimum Gasteiger partial charge on any atom is -0.328 e. The van der Waals surface area contributed by atoms with Gasteiger partial charge in [0.25, 0.3) is 11.8 Å². The number of nitriles is 1. The lowest BCUT2D eigenvalue weighted by Crippen LogP contribution is -2.38. The number of carbonyl (C=O) groups excluding carboxylic acids is 3. The van der Waals surface area contributed by atoms with Gasteiger partial charge in [0.15, 0.2) is 5.41 Å². The molecule has 1 heterocycles. The fourth-order valence-electron chi connectivity index (χ4n) is 1.70. The maximum Gasteiger partial charge on any atom is 0.352 e. The zero-order valence-electron chi connectivity index (χ0n) is 11.0. The summed E-state index contributed by atoms with van der Waals surface area (Å²) < 4.78 is 0. The number of fused-ring (bicyclic) bond motifs is 1. The van der Waals surface area contributed by atoms with Crippen LogP contribution in [0.2, 0.25) is 0 Å². The van der Waals surface area contributed by atoms with Gasteiger partial charge >= 0.3 is 5.97 Å². The zero-order valence-corrected chi connectivity index (χ0v) is 11.0. The standard InChI is InChI=1S/C14H12N2O4/c1-3-14(2,8-15)13(19)20-16-11(17)9-6-4-5-7-10(9)12(16)18/h4-7H,3H2,1-2H3. The Kier molecular flexibility index (Phi) is 3.28. The minimum absolute atomic E-state index is 0.181. The highest BCUT2D eigenvalue weighted by Crippen LogP contribution is 2.27. The summed E-state index contributed by atoms with van der Waals surface area (Å²) in [5, 5.41) is 9.41. The van der Waals surface area contributed by atoms with E-state index in [1.165, 1.54) is 19.1 Å². The van der Waals surface area contributed by atoms with Crippen molar-refractivity contribution in [2.75, 3.05) is 0 Å². The van der Waals surface area contributed by atoms with Crippen LogP contribution in [-0.4, -0.2) is 22.8 Å². The van der Waals surface area contributed by atoms with Gasteiger partial charge in [0.1, 0.15) is 0 Å². The molecule has 2 amide bonds. The number of imide groups is 1.